The molecule has 1 N–H and O–H groups in total. The summed E-state index contributed by atoms with van der Waals surface area (Å²) >= 11 is 0. The van der Waals surface area contributed by atoms with Crippen LogP contribution in [-0.2, 0) is 21.2 Å². The van der Waals surface area contributed by atoms with E-state index in [4.69, 9.17) is 4.74 Å². The van der Waals surface area contributed by atoms with E-state index in [1.54, 1.807) is 38.1 Å². The number of aliphatic carboxylic acids is 1. The molecule has 0 saturated heterocycles. The smallest absolute Gasteiger partial charge is 0.262 e. The number of sulfonamides is 1. The van der Waals surface area contributed by atoms with Gasteiger partial charge in [0.15, 0.2) is 0 Å². The first-order chi connectivity index (χ1) is 11.2. The normalized spacial score (nSPS) is 11.1. The van der Waals surface area contributed by atoms with Crippen molar-refractivity contribution in [2.45, 2.75) is 25.2 Å². The third kappa shape index (κ3) is 4.05. The van der Waals surface area contributed by atoms with Crippen molar-refractivity contribution in [3.63, 3.8) is 0 Å². The van der Waals surface area contributed by atoms with Crippen molar-refractivity contribution in [2.24, 2.45) is 0 Å². The number of carbonyl (C=O) groups excluding carboxylic acids is 1. The average molecular weight is 348 g/mol. The summed E-state index contributed by atoms with van der Waals surface area (Å²) < 4.78 is 32.8. The molecule has 0 saturated carbocycles. The molecular weight excluding hydrogens is 330 g/mol. The molecule has 0 spiro atoms. The van der Waals surface area contributed by atoms with E-state index >= 15 is 0 Å². The lowest BCUT2D eigenvalue weighted by Gasteiger charge is -2.14. The van der Waals surface area contributed by atoms with E-state index < -0.39 is 16.0 Å². The summed E-state index contributed by atoms with van der Waals surface area (Å²) in [6.07, 6.45) is -0.218. The molecule has 128 valence electrons. The fourth-order valence-electron chi connectivity index (χ4n) is 2.34. The number of benzene rings is 2. The van der Waals surface area contributed by atoms with Gasteiger partial charge < -0.3 is 14.6 Å². The van der Waals surface area contributed by atoms with Gasteiger partial charge in [-0.1, -0.05) is 12.1 Å². The van der Waals surface area contributed by atoms with Crippen molar-refractivity contribution < 1.29 is 23.1 Å². The SMILES string of the molecule is COc1cc(C)c(S(=O)(=O)Nc2ccc(CC(=O)[O-])cc2)cc1C. The highest BCUT2D eigenvalue weighted by molar-refractivity contribution is 7.92. The van der Waals surface area contributed by atoms with E-state index in [0.29, 0.717) is 28.1 Å². The number of aryl methyl sites for hydroxylation is 2. The van der Waals surface area contributed by atoms with E-state index in [0.717, 1.165) is 0 Å². The molecule has 0 fully saturated rings. The number of methoxy groups -OCH3 is 1. The van der Waals surface area contributed by atoms with Gasteiger partial charge in [-0.15, -0.1) is 0 Å². The number of carboxylic acid groups (broad SMARTS) is 1. The Hall–Kier alpha value is -2.54. The van der Waals surface area contributed by atoms with E-state index in [1.165, 1.54) is 19.2 Å². The summed E-state index contributed by atoms with van der Waals surface area (Å²) in [5.41, 5.74) is 2.17. The van der Waals surface area contributed by atoms with Gasteiger partial charge in [0, 0.05) is 18.1 Å². The molecule has 0 bridgehead atoms. The lowest BCUT2D eigenvalue weighted by atomic mass is 10.1. The van der Waals surface area contributed by atoms with E-state index in [1.807, 2.05) is 0 Å². The second-order valence-corrected chi connectivity index (χ2v) is 7.09. The first-order valence-electron chi connectivity index (χ1n) is 7.20. The lowest BCUT2D eigenvalue weighted by molar-refractivity contribution is -0.304. The minimum atomic E-state index is -3.76. The van der Waals surface area contributed by atoms with Crippen LogP contribution in [0.3, 0.4) is 0 Å². The Morgan fingerprint density at radius 2 is 1.75 bits per heavy atom. The minimum Gasteiger partial charge on any atom is -0.550 e. The highest BCUT2D eigenvalue weighted by Gasteiger charge is 2.19. The zero-order valence-electron chi connectivity index (χ0n) is 13.6. The summed E-state index contributed by atoms with van der Waals surface area (Å²) in [6.45, 7) is 3.46. The first kappa shape index (κ1) is 17.8. The molecule has 6 nitrogen and oxygen atoms in total. The Morgan fingerprint density at radius 1 is 1.12 bits per heavy atom. The Labute approximate surface area is 141 Å². The third-order valence-corrected chi connectivity index (χ3v) is 5.06. The largest absolute Gasteiger partial charge is 0.550 e. The highest BCUT2D eigenvalue weighted by Crippen LogP contribution is 2.27. The first-order valence-corrected chi connectivity index (χ1v) is 8.68. The predicted octanol–water partition coefficient (Wildman–Crippen LogP) is 1.41. The lowest BCUT2D eigenvalue weighted by Crippen LogP contribution is -2.24. The molecule has 0 atom stereocenters. The van der Waals surface area contributed by atoms with Crippen molar-refractivity contribution in [3.05, 3.63) is 53.1 Å². The fraction of sp³-hybridized carbons (Fsp3) is 0.235. The van der Waals surface area contributed by atoms with Crippen LogP contribution in [0.5, 0.6) is 5.75 Å². The number of hydrogen-bond donors (Lipinski definition) is 1. The van der Waals surface area contributed by atoms with Gasteiger partial charge in [0.1, 0.15) is 5.75 Å². The molecule has 2 aromatic carbocycles. The standard InChI is InChI=1S/C17H19NO5S/c1-11-9-16(12(2)8-15(11)23-3)24(21,22)18-14-6-4-13(5-7-14)10-17(19)20/h4-9,18H,10H2,1-3H3,(H,19,20)/p-1. The maximum absolute atomic E-state index is 12.6. The van der Waals surface area contributed by atoms with Gasteiger partial charge in [0.25, 0.3) is 10.0 Å². The molecule has 7 heteroatoms. The number of carbonyl (C=O) groups is 1. The molecule has 0 amide bonds. The molecule has 0 aliphatic heterocycles. The topological polar surface area (TPSA) is 95.5 Å². The quantitative estimate of drug-likeness (QED) is 0.851. The Kier molecular flexibility index (Phi) is 5.14. The maximum Gasteiger partial charge on any atom is 0.262 e. The van der Waals surface area contributed by atoms with Gasteiger partial charge in [0.05, 0.1) is 12.0 Å². The van der Waals surface area contributed by atoms with Gasteiger partial charge >= 0.3 is 0 Å². The summed E-state index contributed by atoms with van der Waals surface area (Å²) in [4.78, 5) is 10.7. The van der Waals surface area contributed by atoms with Crippen LogP contribution in [0.15, 0.2) is 41.3 Å². The van der Waals surface area contributed by atoms with E-state index in [9.17, 15) is 18.3 Å². The van der Waals surface area contributed by atoms with E-state index in [-0.39, 0.29) is 11.3 Å². The molecule has 2 aromatic rings. The molecule has 2 rings (SSSR count). The average Bonchev–Trinajstić information content (AvgIpc) is 2.50. The van der Waals surface area contributed by atoms with Crippen LogP contribution in [0.4, 0.5) is 5.69 Å². The number of carboxylic acids is 1. The number of rotatable bonds is 6. The molecule has 0 radical (unpaired) electrons. The molecule has 0 heterocycles. The van der Waals surface area contributed by atoms with Gasteiger partial charge in [-0.05, 0) is 54.8 Å². The predicted molar refractivity (Wildman–Crippen MR) is 88.4 cm³/mol. The summed E-state index contributed by atoms with van der Waals surface area (Å²) in [7, 11) is -2.23. The molecular formula is C17H18NO5S-. The van der Waals surface area contributed by atoms with Gasteiger partial charge in [-0.2, -0.15) is 0 Å². The van der Waals surface area contributed by atoms with Crippen molar-refractivity contribution in [2.75, 3.05) is 11.8 Å². The molecule has 0 unspecified atom stereocenters. The fourth-order valence-corrected chi connectivity index (χ4v) is 3.71. The maximum atomic E-state index is 12.6. The molecule has 0 aliphatic rings. The monoisotopic (exact) mass is 348 g/mol. The van der Waals surface area contributed by atoms with Gasteiger partial charge in [-0.25, -0.2) is 8.42 Å². The van der Waals surface area contributed by atoms with Crippen molar-refractivity contribution in [3.8, 4) is 5.75 Å². The van der Waals surface area contributed by atoms with Gasteiger partial charge in [-0.3, -0.25) is 4.72 Å². The van der Waals surface area contributed by atoms with Gasteiger partial charge in [0.2, 0.25) is 0 Å². The third-order valence-electron chi connectivity index (χ3n) is 3.54. The van der Waals surface area contributed by atoms with Crippen LogP contribution in [0.1, 0.15) is 16.7 Å². The van der Waals surface area contributed by atoms with Crippen LogP contribution in [-0.4, -0.2) is 21.5 Å². The summed E-state index contributed by atoms with van der Waals surface area (Å²) in [5.74, 6) is -0.564. The van der Waals surface area contributed by atoms with Crippen molar-refractivity contribution in [1.29, 1.82) is 0 Å². The van der Waals surface area contributed by atoms with Crippen molar-refractivity contribution in [1.82, 2.24) is 0 Å². The Bertz CT molecular complexity index is 857. The minimum absolute atomic E-state index is 0.166. The molecule has 0 aromatic heterocycles. The number of anilines is 1. The van der Waals surface area contributed by atoms with Crippen LogP contribution in [0, 0.1) is 13.8 Å². The van der Waals surface area contributed by atoms with Crippen LogP contribution in [0.2, 0.25) is 0 Å². The van der Waals surface area contributed by atoms with Crippen LogP contribution >= 0.6 is 0 Å². The second-order valence-electron chi connectivity index (χ2n) is 5.44. The Balaban J connectivity index is 2.28. The summed E-state index contributed by atoms with van der Waals surface area (Å²) in [5, 5.41) is 10.6. The highest BCUT2D eigenvalue weighted by atomic mass is 32.2. The van der Waals surface area contributed by atoms with Crippen LogP contribution in [0.25, 0.3) is 0 Å². The number of nitrogens with one attached hydrogen (secondary N) is 1. The zero-order valence-corrected chi connectivity index (χ0v) is 14.4. The van der Waals surface area contributed by atoms with Crippen molar-refractivity contribution >= 4 is 21.7 Å². The number of hydrogen-bond acceptors (Lipinski definition) is 5. The molecule has 24 heavy (non-hydrogen) atoms. The number of ether oxygens (including phenoxy) is 1. The van der Waals surface area contributed by atoms with Crippen LogP contribution < -0.4 is 14.6 Å². The zero-order chi connectivity index (χ0) is 17.9. The molecule has 0 aliphatic carbocycles. The van der Waals surface area contributed by atoms with E-state index in [2.05, 4.69) is 4.72 Å². The summed E-state index contributed by atoms with van der Waals surface area (Å²) in [6, 6.07) is 9.34. The Morgan fingerprint density at radius 3 is 2.29 bits per heavy atom. The second kappa shape index (κ2) is 6.92.